The van der Waals surface area contributed by atoms with Crippen molar-refractivity contribution in [3.8, 4) is 5.75 Å². The van der Waals surface area contributed by atoms with Gasteiger partial charge in [-0.1, -0.05) is 59.3 Å². The lowest BCUT2D eigenvalue weighted by atomic mass is 9.67. The molecule has 2 aromatic rings. The Labute approximate surface area is 238 Å². The van der Waals surface area contributed by atoms with Gasteiger partial charge in [-0.15, -0.1) is 11.8 Å². The van der Waals surface area contributed by atoms with Gasteiger partial charge in [-0.3, -0.25) is 10.1 Å². The summed E-state index contributed by atoms with van der Waals surface area (Å²) in [6.07, 6.45) is 12.8. The van der Waals surface area contributed by atoms with Gasteiger partial charge in [0.25, 0.3) is 0 Å². The number of hydrogen-bond donors (Lipinski definition) is 1. The second-order valence-corrected chi connectivity index (χ2v) is 13.8. The van der Waals surface area contributed by atoms with Gasteiger partial charge < -0.3 is 9.64 Å². The topological polar surface area (TPSA) is 58.6 Å². The first kappa shape index (κ1) is 26.9. The fourth-order valence-corrected chi connectivity index (χ4v) is 8.34. The minimum Gasteiger partial charge on any atom is -0.490 e. The van der Waals surface area contributed by atoms with Crippen LogP contribution in [-0.4, -0.2) is 39.2 Å². The lowest BCUT2D eigenvalue weighted by Crippen LogP contribution is -2.33. The van der Waals surface area contributed by atoms with Crippen LogP contribution in [0.5, 0.6) is 5.75 Å². The van der Waals surface area contributed by atoms with E-state index >= 15 is 0 Å². The maximum Gasteiger partial charge on any atom is 0.324 e. The molecule has 3 amide bonds. The van der Waals surface area contributed by atoms with Gasteiger partial charge in [0.05, 0.1) is 6.10 Å². The predicted octanol–water partition coefficient (Wildman–Crippen LogP) is 7.25. The van der Waals surface area contributed by atoms with Gasteiger partial charge >= 0.3 is 6.03 Å². The number of imide groups is 1. The van der Waals surface area contributed by atoms with E-state index < -0.39 is 0 Å². The van der Waals surface area contributed by atoms with E-state index in [9.17, 15) is 9.59 Å². The zero-order valence-corrected chi connectivity index (χ0v) is 24.4. The van der Waals surface area contributed by atoms with Crippen LogP contribution in [0.1, 0.15) is 75.3 Å². The number of carbonyl (C=O) groups is 2. The van der Waals surface area contributed by atoms with Crippen LogP contribution >= 0.6 is 34.4 Å². The minimum atomic E-state index is -0.293. The number of nitrogens with zero attached hydrogens (tertiary/aromatic N) is 1. The third-order valence-electron chi connectivity index (χ3n) is 8.07. The van der Waals surface area contributed by atoms with Crippen LogP contribution in [-0.2, 0) is 16.8 Å². The van der Waals surface area contributed by atoms with Crippen molar-refractivity contribution in [2.24, 2.45) is 0 Å². The van der Waals surface area contributed by atoms with E-state index in [1.165, 1.54) is 74.7 Å². The smallest absolute Gasteiger partial charge is 0.324 e. The van der Waals surface area contributed by atoms with Crippen LogP contribution in [0.15, 0.2) is 53.4 Å². The third kappa shape index (κ3) is 7.02. The molecule has 2 aromatic carbocycles. The molecule has 0 bridgehead atoms. The number of carbonyl (C=O) groups excluding carboxylic acids is 2. The summed E-state index contributed by atoms with van der Waals surface area (Å²) in [5.41, 5.74) is 2.72. The Kier molecular flexibility index (Phi) is 9.01. The van der Waals surface area contributed by atoms with Crippen molar-refractivity contribution in [1.82, 2.24) is 10.2 Å². The largest absolute Gasteiger partial charge is 0.490 e. The molecule has 2 unspecified atom stereocenters. The zero-order chi connectivity index (χ0) is 25.7. The van der Waals surface area contributed by atoms with Gasteiger partial charge in [-0.25, -0.2) is 4.79 Å². The summed E-state index contributed by atoms with van der Waals surface area (Å²) >= 11 is 4.59. The Balaban J connectivity index is 1.19. The summed E-state index contributed by atoms with van der Waals surface area (Å²) in [6.45, 7) is 0.619. The number of ether oxygens (including phenoxy) is 1. The van der Waals surface area contributed by atoms with Crippen molar-refractivity contribution in [3.63, 3.8) is 0 Å². The molecule has 1 aliphatic heterocycles. The van der Waals surface area contributed by atoms with Crippen LogP contribution < -0.4 is 10.1 Å². The van der Waals surface area contributed by atoms with Gasteiger partial charge in [0, 0.05) is 15.4 Å². The molecule has 1 N–H and O–H groups in total. The summed E-state index contributed by atoms with van der Waals surface area (Å²) in [5, 5.41) is 2.36. The van der Waals surface area contributed by atoms with Crippen LogP contribution in [0.4, 0.5) is 4.79 Å². The van der Waals surface area contributed by atoms with Crippen molar-refractivity contribution in [1.29, 1.82) is 0 Å². The molecule has 0 spiro atoms. The Morgan fingerprint density at radius 2 is 1.86 bits per heavy atom. The zero-order valence-electron chi connectivity index (χ0n) is 21.4. The second-order valence-electron chi connectivity index (χ2n) is 10.8. The summed E-state index contributed by atoms with van der Waals surface area (Å²) in [5.74, 6) is 1.91. The number of halogens is 1. The van der Waals surface area contributed by atoms with E-state index in [0.717, 1.165) is 17.1 Å². The number of nitrogens with one attached hydrogen (secondary N) is 1. The third-order valence-corrected chi connectivity index (χ3v) is 10.2. The number of thioether (sulfide) groups is 1. The van der Waals surface area contributed by atoms with Crippen molar-refractivity contribution in [3.05, 3.63) is 59.7 Å². The number of amides is 3. The van der Waals surface area contributed by atoms with Crippen LogP contribution in [0, 0.1) is 0 Å². The van der Waals surface area contributed by atoms with Gasteiger partial charge in [-0.2, -0.15) is 0 Å². The molecular weight excluding hydrogens is 595 g/mol. The quantitative estimate of drug-likeness (QED) is 0.0987. The highest BCUT2D eigenvalue weighted by atomic mass is 127. The average molecular weight is 633 g/mol. The van der Waals surface area contributed by atoms with Crippen molar-refractivity contribution >= 4 is 46.3 Å². The van der Waals surface area contributed by atoms with E-state index in [1.807, 2.05) is 11.8 Å². The molecule has 3 aliphatic rings. The highest BCUT2D eigenvalue weighted by molar-refractivity contribution is 14.1. The highest BCUT2D eigenvalue weighted by Gasteiger charge is 2.36. The van der Waals surface area contributed by atoms with E-state index in [0.29, 0.717) is 16.6 Å². The first-order valence-corrected chi connectivity index (χ1v) is 15.9. The van der Waals surface area contributed by atoms with E-state index in [-0.39, 0.29) is 23.9 Å². The molecule has 2 aliphatic carbocycles. The summed E-state index contributed by atoms with van der Waals surface area (Å²) in [7, 11) is 0. The fraction of sp³-hybridized carbons (Fsp3) is 0.533. The van der Waals surface area contributed by atoms with Crippen LogP contribution in [0.2, 0.25) is 0 Å². The molecule has 37 heavy (non-hydrogen) atoms. The number of alkyl halides is 1. The van der Waals surface area contributed by atoms with Crippen molar-refractivity contribution in [2.75, 3.05) is 12.3 Å². The molecular formula is C30H37IN2O3S. The van der Waals surface area contributed by atoms with Crippen molar-refractivity contribution < 1.29 is 14.3 Å². The number of hydrogen-bond acceptors (Lipinski definition) is 4. The predicted molar refractivity (Wildman–Crippen MR) is 158 cm³/mol. The second kappa shape index (κ2) is 12.4. The first-order valence-electron chi connectivity index (χ1n) is 13.7. The molecule has 1 saturated heterocycles. The molecule has 2 atom stereocenters. The number of urea groups is 1. The lowest BCUT2D eigenvalue weighted by molar-refractivity contribution is -0.118. The monoisotopic (exact) mass is 632 g/mol. The Morgan fingerprint density at radius 3 is 2.59 bits per heavy atom. The summed E-state index contributed by atoms with van der Waals surface area (Å²) in [4.78, 5) is 26.3. The maximum atomic E-state index is 11.9. The van der Waals surface area contributed by atoms with Gasteiger partial charge in [-0.05, 0) is 98.3 Å². The first-order chi connectivity index (χ1) is 18.0. The standard InChI is InChI=1S/C30H37IN2O3S/c31-24-6-4-15-30(19-24,23-13-11-22(12-14-23)20-33-21-28(34)32-29(33)35)16-5-17-37-27-10-3-9-26(18-27)36-25-7-1-2-8-25/h3,9-14,18,24-25H,1-2,4-8,15-17,19-21H2,(H,32,34,35). The normalized spacial score (nSPS) is 24.5. The average Bonchev–Trinajstić information content (AvgIpc) is 3.51. The molecule has 5 nitrogen and oxygen atoms in total. The molecule has 2 saturated carbocycles. The molecule has 0 aromatic heterocycles. The van der Waals surface area contributed by atoms with Crippen molar-refractivity contribution in [2.45, 2.75) is 91.1 Å². The summed E-state index contributed by atoms with van der Waals surface area (Å²) in [6, 6.07) is 17.2. The Hall–Kier alpha value is -1.74. The van der Waals surface area contributed by atoms with E-state index in [2.05, 4.69) is 76.4 Å². The Morgan fingerprint density at radius 1 is 1.05 bits per heavy atom. The molecule has 3 fully saturated rings. The Bertz CT molecular complexity index is 1090. The fourth-order valence-electron chi connectivity index (χ4n) is 6.15. The molecule has 1 heterocycles. The van der Waals surface area contributed by atoms with Crippen LogP contribution in [0.3, 0.4) is 0 Å². The number of rotatable bonds is 10. The van der Waals surface area contributed by atoms with Crippen LogP contribution in [0.25, 0.3) is 0 Å². The van der Waals surface area contributed by atoms with Gasteiger partial charge in [0.2, 0.25) is 5.91 Å². The molecule has 0 radical (unpaired) electrons. The minimum absolute atomic E-state index is 0.147. The number of benzene rings is 2. The molecule has 198 valence electrons. The van der Waals surface area contributed by atoms with E-state index in [1.54, 1.807) is 4.90 Å². The lowest BCUT2D eigenvalue weighted by Gasteiger charge is -2.40. The van der Waals surface area contributed by atoms with E-state index in [4.69, 9.17) is 4.74 Å². The van der Waals surface area contributed by atoms with Gasteiger partial charge in [0.15, 0.2) is 0 Å². The summed E-state index contributed by atoms with van der Waals surface area (Å²) < 4.78 is 6.92. The molecule has 7 heteroatoms. The molecule has 5 rings (SSSR count). The van der Waals surface area contributed by atoms with Gasteiger partial charge in [0.1, 0.15) is 12.3 Å². The highest BCUT2D eigenvalue weighted by Crippen LogP contribution is 2.45. The SMILES string of the molecule is O=C1CN(Cc2ccc(C3(CCCSc4cccc(OC5CCCC5)c4)CCCC(I)C3)cc2)C(=O)N1. The maximum absolute atomic E-state index is 11.9.